The summed E-state index contributed by atoms with van der Waals surface area (Å²) in [5.41, 5.74) is 1.97. The number of carboxylic acids is 1. The van der Waals surface area contributed by atoms with E-state index >= 15 is 0 Å². The molecule has 3 aromatic rings. The highest BCUT2D eigenvalue weighted by Gasteiger charge is 2.10. The van der Waals surface area contributed by atoms with E-state index in [1.54, 1.807) is 42.5 Å². The Kier molecular flexibility index (Phi) is 3.47. The molecular weight excluding hydrogens is 282 g/mol. The van der Waals surface area contributed by atoms with E-state index < -0.39 is 5.97 Å². The predicted octanol–water partition coefficient (Wildman–Crippen LogP) is 3.16. The quantitative estimate of drug-likeness (QED) is 0.776. The minimum atomic E-state index is -0.949. The second-order valence-corrected chi connectivity index (χ2v) is 5.03. The SMILES string of the molecule is Cn1c(COc2ccccc2O)cc2ccc(C(=O)O)cc21. The Labute approximate surface area is 127 Å². The Morgan fingerprint density at radius 2 is 1.95 bits per heavy atom. The fraction of sp³-hybridized carbons (Fsp3) is 0.118. The number of nitrogens with zero attached hydrogens (tertiary/aromatic N) is 1. The minimum Gasteiger partial charge on any atom is -0.504 e. The number of rotatable bonds is 4. The van der Waals surface area contributed by atoms with Crippen LogP contribution in [0.5, 0.6) is 11.5 Å². The summed E-state index contributed by atoms with van der Waals surface area (Å²) >= 11 is 0. The van der Waals surface area contributed by atoms with Crippen molar-refractivity contribution in [2.45, 2.75) is 6.61 Å². The molecule has 0 fully saturated rings. The molecule has 0 aliphatic heterocycles. The Bertz CT molecular complexity index is 851. The van der Waals surface area contributed by atoms with Crippen LogP contribution in [0, 0.1) is 0 Å². The Morgan fingerprint density at radius 3 is 2.68 bits per heavy atom. The van der Waals surface area contributed by atoms with Gasteiger partial charge in [-0.15, -0.1) is 0 Å². The van der Waals surface area contributed by atoms with Crippen molar-refractivity contribution in [2.24, 2.45) is 7.05 Å². The van der Waals surface area contributed by atoms with Gasteiger partial charge in [-0.05, 0) is 30.3 Å². The molecule has 1 heterocycles. The average molecular weight is 297 g/mol. The number of aromatic hydroxyl groups is 1. The standard InChI is InChI=1S/C17H15NO4/c1-18-13(10-22-16-5-3-2-4-15(16)19)8-11-6-7-12(17(20)21)9-14(11)18/h2-9,19H,10H2,1H3,(H,20,21). The number of hydrogen-bond acceptors (Lipinski definition) is 3. The fourth-order valence-electron chi connectivity index (χ4n) is 2.39. The molecule has 2 aromatic carbocycles. The van der Waals surface area contributed by atoms with Crippen LogP contribution in [0.25, 0.3) is 10.9 Å². The molecule has 0 amide bonds. The zero-order valence-corrected chi connectivity index (χ0v) is 12.0. The zero-order chi connectivity index (χ0) is 15.7. The lowest BCUT2D eigenvalue weighted by atomic mass is 10.1. The Morgan fingerprint density at radius 1 is 1.18 bits per heavy atom. The third-order valence-electron chi connectivity index (χ3n) is 3.63. The summed E-state index contributed by atoms with van der Waals surface area (Å²) in [5, 5.41) is 19.7. The molecule has 0 saturated heterocycles. The van der Waals surface area contributed by atoms with Crippen molar-refractivity contribution in [3.05, 3.63) is 59.8 Å². The number of aromatic nitrogens is 1. The van der Waals surface area contributed by atoms with E-state index in [-0.39, 0.29) is 17.9 Å². The van der Waals surface area contributed by atoms with Crippen molar-refractivity contribution in [3.63, 3.8) is 0 Å². The van der Waals surface area contributed by atoms with Crippen LogP contribution in [0.4, 0.5) is 0 Å². The van der Waals surface area contributed by atoms with Crippen LogP contribution in [0.15, 0.2) is 48.5 Å². The molecule has 5 heteroatoms. The van der Waals surface area contributed by atoms with Crippen LogP contribution in [0.3, 0.4) is 0 Å². The number of ether oxygens (including phenoxy) is 1. The maximum atomic E-state index is 11.0. The van der Waals surface area contributed by atoms with Gasteiger partial charge in [0.05, 0.1) is 11.3 Å². The van der Waals surface area contributed by atoms with Crippen LogP contribution >= 0.6 is 0 Å². The van der Waals surface area contributed by atoms with Crippen LogP contribution in [-0.2, 0) is 13.7 Å². The smallest absolute Gasteiger partial charge is 0.335 e. The molecule has 0 spiro atoms. The minimum absolute atomic E-state index is 0.0921. The number of fused-ring (bicyclic) bond motifs is 1. The normalized spacial score (nSPS) is 10.8. The molecule has 0 unspecified atom stereocenters. The Balaban J connectivity index is 1.90. The Hall–Kier alpha value is -2.95. The predicted molar refractivity (Wildman–Crippen MR) is 82.3 cm³/mol. The number of aryl methyl sites for hydroxylation is 1. The molecule has 1 aromatic heterocycles. The number of hydrogen-bond donors (Lipinski definition) is 2. The van der Waals surface area contributed by atoms with Crippen molar-refractivity contribution < 1.29 is 19.7 Å². The molecule has 2 N–H and O–H groups in total. The van der Waals surface area contributed by atoms with Crippen molar-refractivity contribution in [1.29, 1.82) is 0 Å². The van der Waals surface area contributed by atoms with Gasteiger partial charge in [-0.2, -0.15) is 0 Å². The lowest BCUT2D eigenvalue weighted by Crippen LogP contribution is -2.02. The summed E-state index contributed by atoms with van der Waals surface area (Å²) in [5.74, 6) is -0.441. The topological polar surface area (TPSA) is 71.7 Å². The third-order valence-corrected chi connectivity index (χ3v) is 3.63. The second-order valence-electron chi connectivity index (χ2n) is 5.03. The molecule has 0 bridgehead atoms. The molecule has 22 heavy (non-hydrogen) atoms. The van der Waals surface area contributed by atoms with E-state index in [0.29, 0.717) is 5.75 Å². The van der Waals surface area contributed by atoms with Gasteiger partial charge in [-0.1, -0.05) is 18.2 Å². The summed E-state index contributed by atoms with van der Waals surface area (Å²) in [6, 6.07) is 13.7. The van der Waals surface area contributed by atoms with Gasteiger partial charge >= 0.3 is 5.97 Å². The number of aromatic carboxylic acids is 1. The van der Waals surface area contributed by atoms with Gasteiger partial charge in [-0.3, -0.25) is 0 Å². The van der Waals surface area contributed by atoms with E-state index in [4.69, 9.17) is 9.84 Å². The molecule has 3 rings (SSSR count). The van der Waals surface area contributed by atoms with E-state index in [2.05, 4.69) is 0 Å². The molecule has 0 aliphatic carbocycles. The molecular formula is C17H15NO4. The van der Waals surface area contributed by atoms with Gasteiger partial charge < -0.3 is 19.5 Å². The fourth-order valence-corrected chi connectivity index (χ4v) is 2.39. The van der Waals surface area contributed by atoms with Gasteiger partial charge in [-0.25, -0.2) is 4.79 Å². The molecule has 112 valence electrons. The van der Waals surface area contributed by atoms with Crippen LogP contribution in [0.1, 0.15) is 16.1 Å². The van der Waals surface area contributed by atoms with E-state index in [9.17, 15) is 9.90 Å². The van der Waals surface area contributed by atoms with Crippen LogP contribution < -0.4 is 4.74 Å². The van der Waals surface area contributed by atoms with Crippen LogP contribution in [-0.4, -0.2) is 20.7 Å². The lowest BCUT2D eigenvalue weighted by Gasteiger charge is -2.08. The van der Waals surface area contributed by atoms with Gasteiger partial charge in [0.1, 0.15) is 6.61 Å². The molecule has 0 aliphatic rings. The number of phenolic OH excluding ortho intramolecular Hbond substituents is 1. The first-order chi connectivity index (χ1) is 10.6. The van der Waals surface area contributed by atoms with E-state index in [1.165, 1.54) is 0 Å². The number of para-hydroxylation sites is 2. The van der Waals surface area contributed by atoms with Gasteiger partial charge in [0.2, 0.25) is 0 Å². The summed E-state index contributed by atoms with van der Waals surface area (Å²) < 4.78 is 7.51. The first-order valence-corrected chi connectivity index (χ1v) is 6.78. The molecule has 5 nitrogen and oxygen atoms in total. The monoisotopic (exact) mass is 297 g/mol. The van der Waals surface area contributed by atoms with Gasteiger partial charge in [0.25, 0.3) is 0 Å². The maximum absolute atomic E-state index is 11.0. The van der Waals surface area contributed by atoms with Gasteiger partial charge in [0, 0.05) is 18.0 Å². The van der Waals surface area contributed by atoms with Crippen LogP contribution in [0.2, 0.25) is 0 Å². The highest BCUT2D eigenvalue weighted by atomic mass is 16.5. The molecule has 0 saturated carbocycles. The maximum Gasteiger partial charge on any atom is 0.335 e. The van der Waals surface area contributed by atoms with Crippen molar-refractivity contribution >= 4 is 16.9 Å². The van der Waals surface area contributed by atoms with Gasteiger partial charge in [0.15, 0.2) is 11.5 Å². The largest absolute Gasteiger partial charge is 0.504 e. The number of carbonyl (C=O) groups is 1. The number of carboxylic acid groups (broad SMARTS) is 1. The van der Waals surface area contributed by atoms with Crippen molar-refractivity contribution in [2.75, 3.05) is 0 Å². The highest BCUT2D eigenvalue weighted by Crippen LogP contribution is 2.26. The van der Waals surface area contributed by atoms with Crippen molar-refractivity contribution in [1.82, 2.24) is 4.57 Å². The molecule has 0 atom stereocenters. The highest BCUT2D eigenvalue weighted by molar-refractivity contribution is 5.93. The summed E-state index contributed by atoms with van der Waals surface area (Å²) in [7, 11) is 1.86. The van der Waals surface area contributed by atoms with E-state index in [1.807, 2.05) is 17.7 Å². The summed E-state index contributed by atoms with van der Waals surface area (Å²) in [4.78, 5) is 11.0. The average Bonchev–Trinajstić information content (AvgIpc) is 2.82. The first kappa shape index (κ1) is 14.0. The third kappa shape index (κ3) is 2.48. The summed E-state index contributed by atoms with van der Waals surface area (Å²) in [6.45, 7) is 0.283. The number of benzene rings is 2. The lowest BCUT2D eigenvalue weighted by molar-refractivity contribution is 0.0697. The van der Waals surface area contributed by atoms with Crippen molar-refractivity contribution in [3.8, 4) is 11.5 Å². The molecule has 0 radical (unpaired) electrons. The van der Waals surface area contributed by atoms with E-state index in [0.717, 1.165) is 16.6 Å². The summed E-state index contributed by atoms with van der Waals surface area (Å²) in [6.07, 6.45) is 0. The number of phenols is 1. The zero-order valence-electron chi connectivity index (χ0n) is 12.0. The first-order valence-electron chi connectivity index (χ1n) is 6.78. The second kappa shape index (κ2) is 5.44.